The SMILES string of the molecule is c1ccc2cc(CC3(C4CCCC4)CCCC3)ccc2c1. The molecular weight excluding hydrogens is 252 g/mol. The van der Waals surface area contributed by atoms with Crippen LogP contribution in [0.25, 0.3) is 10.8 Å². The summed E-state index contributed by atoms with van der Waals surface area (Å²) in [5, 5.41) is 2.79. The average Bonchev–Trinajstić information content (AvgIpc) is 3.19. The Morgan fingerprint density at radius 2 is 1.52 bits per heavy atom. The number of fused-ring (bicyclic) bond motifs is 1. The molecule has 0 atom stereocenters. The van der Waals surface area contributed by atoms with E-state index in [2.05, 4.69) is 42.5 Å². The van der Waals surface area contributed by atoms with Crippen LogP contribution >= 0.6 is 0 Å². The summed E-state index contributed by atoms with van der Waals surface area (Å²) in [6, 6.07) is 15.9. The van der Waals surface area contributed by atoms with E-state index >= 15 is 0 Å². The van der Waals surface area contributed by atoms with Gasteiger partial charge in [-0.05, 0) is 59.8 Å². The predicted octanol–water partition coefficient (Wildman–Crippen LogP) is 6.13. The molecule has 4 rings (SSSR count). The predicted molar refractivity (Wildman–Crippen MR) is 90.5 cm³/mol. The Bertz CT molecular complexity index is 613. The first-order chi connectivity index (χ1) is 10.4. The summed E-state index contributed by atoms with van der Waals surface area (Å²) in [4.78, 5) is 0. The molecule has 0 N–H and O–H groups in total. The average molecular weight is 278 g/mol. The summed E-state index contributed by atoms with van der Waals surface area (Å²) in [7, 11) is 0. The maximum atomic E-state index is 2.45. The van der Waals surface area contributed by atoms with Gasteiger partial charge in [-0.2, -0.15) is 0 Å². The molecule has 21 heavy (non-hydrogen) atoms. The van der Waals surface area contributed by atoms with Crippen molar-refractivity contribution < 1.29 is 0 Å². The Kier molecular flexibility index (Phi) is 3.49. The number of rotatable bonds is 3. The molecule has 0 radical (unpaired) electrons. The maximum Gasteiger partial charge on any atom is -0.0181 e. The second-order valence-corrected chi connectivity index (χ2v) is 7.41. The van der Waals surface area contributed by atoms with Crippen LogP contribution in [0.2, 0.25) is 0 Å². The lowest BCUT2D eigenvalue weighted by atomic mass is 9.69. The van der Waals surface area contributed by atoms with Crippen molar-refractivity contribution in [2.24, 2.45) is 11.3 Å². The molecule has 0 spiro atoms. The number of hydrogen-bond donors (Lipinski definition) is 0. The molecule has 0 nitrogen and oxygen atoms in total. The molecular formula is C21H26. The third-order valence-electron chi connectivity index (χ3n) is 6.19. The summed E-state index contributed by atoms with van der Waals surface area (Å²) in [5.74, 6) is 1.01. The van der Waals surface area contributed by atoms with Crippen LogP contribution in [0.15, 0.2) is 42.5 Å². The van der Waals surface area contributed by atoms with Crippen molar-refractivity contribution >= 4 is 10.8 Å². The van der Waals surface area contributed by atoms with Crippen LogP contribution in [0.3, 0.4) is 0 Å². The molecule has 0 aromatic heterocycles. The van der Waals surface area contributed by atoms with Crippen LogP contribution < -0.4 is 0 Å². The molecule has 0 aliphatic heterocycles. The summed E-state index contributed by atoms with van der Waals surface area (Å²) in [6.07, 6.45) is 13.1. The van der Waals surface area contributed by atoms with E-state index in [-0.39, 0.29) is 0 Å². The van der Waals surface area contributed by atoms with E-state index in [9.17, 15) is 0 Å². The Labute approximate surface area is 128 Å². The normalized spacial score (nSPS) is 22.1. The molecule has 0 heteroatoms. The minimum absolute atomic E-state index is 0.638. The first kappa shape index (κ1) is 13.4. The summed E-state index contributed by atoms with van der Waals surface area (Å²) >= 11 is 0. The lowest BCUT2D eigenvalue weighted by molar-refractivity contribution is 0.168. The summed E-state index contributed by atoms with van der Waals surface area (Å²) in [6.45, 7) is 0. The number of benzene rings is 2. The maximum absolute atomic E-state index is 2.45. The molecule has 0 amide bonds. The van der Waals surface area contributed by atoms with E-state index in [4.69, 9.17) is 0 Å². The van der Waals surface area contributed by atoms with Crippen molar-refractivity contribution in [3.05, 3.63) is 48.0 Å². The van der Waals surface area contributed by atoms with Crippen molar-refractivity contribution in [3.8, 4) is 0 Å². The quantitative estimate of drug-likeness (QED) is 0.633. The van der Waals surface area contributed by atoms with Gasteiger partial charge in [0.1, 0.15) is 0 Å². The van der Waals surface area contributed by atoms with Gasteiger partial charge in [0.15, 0.2) is 0 Å². The Balaban J connectivity index is 1.64. The number of hydrogen-bond acceptors (Lipinski definition) is 0. The van der Waals surface area contributed by atoms with Crippen molar-refractivity contribution in [3.63, 3.8) is 0 Å². The van der Waals surface area contributed by atoms with Gasteiger partial charge in [-0.25, -0.2) is 0 Å². The molecule has 2 aliphatic carbocycles. The van der Waals surface area contributed by atoms with E-state index in [0.29, 0.717) is 5.41 Å². The van der Waals surface area contributed by atoms with Gasteiger partial charge in [0, 0.05) is 0 Å². The molecule has 0 saturated heterocycles. The second kappa shape index (κ2) is 5.48. The van der Waals surface area contributed by atoms with Gasteiger partial charge in [-0.1, -0.05) is 68.1 Å². The fourth-order valence-electron chi connectivity index (χ4n) is 5.10. The molecule has 110 valence electrons. The zero-order chi connectivity index (χ0) is 14.1. The van der Waals surface area contributed by atoms with Crippen molar-refractivity contribution in [2.75, 3.05) is 0 Å². The zero-order valence-electron chi connectivity index (χ0n) is 13.0. The van der Waals surface area contributed by atoms with Crippen molar-refractivity contribution in [1.29, 1.82) is 0 Å². The van der Waals surface area contributed by atoms with Crippen molar-refractivity contribution in [2.45, 2.75) is 57.8 Å². The van der Waals surface area contributed by atoms with E-state index in [0.717, 1.165) is 5.92 Å². The van der Waals surface area contributed by atoms with Gasteiger partial charge >= 0.3 is 0 Å². The fraction of sp³-hybridized carbons (Fsp3) is 0.524. The van der Waals surface area contributed by atoms with E-state index in [1.807, 2.05) is 0 Å². The van der Waals surface area contributed by atoms with Gasteiger partial charge in [0.2, 0.25) is 0 Å². The molecule has 2 fully saturated rings. The standard InChI is InChI=1S/C21H26/c1-2-8-19-15-17(11-12-18(19)7-1)16-21(13-5-6-14-21)20-9-3-4-10-20/h1-2,7-8,11-12,15,20H,3-6,9-10,13-14,16H2. The first-order valence-electron chi connectivity index (χ1n) is 8.83. The molecule has 0 unspecified atom stereocenters. The highest BCUT2D eigenvalue weighted by molar-refractivity contribution is 5.83. The van der Waals surface area contributed by atoms with E-state index in [1.165, 1.54) is 68.6 Å². The molecule has 2 aliphatic rings. The smallest absolute Gasteiger partial charge is 0.0181 e. The first-order valence-corrected chi connectivity index (χ1v) is 8.83. The monoisotopic (exact) mass is 278 g/mol. The third kappa shape index (κ3) is 2.50. The van der Waals surface area contributed by atoms with E-state index in [1.54, 1.807) is 5.56 Å². The largest absolute Gasteiger partial charge is 0.0616 e. The zero-order valence-corrected chi connectivity index (χ0v) is 13.0. The third-order valence-corrected chi connectivity index (χ3v) is 6.19. The van der Waals surface area contributed by atoms with Gasteiger partial charge < -0.3 is 0 Å². The highest BCUT2D eigenvalue weighted by atomic mass is 14.5. The van der Waals surface area contributed by atoms with Gasteiger partial charge in [-0.3, -0.25) is 0 Å². The Morgan fingerprint density at radius 3 is 2.29 bits per heavy atom. The van der Waals surface area contributed by atoms with Gasteiger partial charge in [-0.15, -0.1) is 0 Å². The molecule has 2 aromatic carbocycles. The van der Waals surface area contributed by atoms with Crippen LogP contribution in [-0.4, -0.2) is 0 Å². The highest BCUT2D eigenvalue weighted by Gasteiger charge is 2.41. The van der Waals surface area contributed by atoms with Crippen LogP contribution in [0.1, 0.15) is 56.9 Å². The summed E-state index contributed by atoms with van der Waals surface area (Å²) in [5.41, 5.74) is 2.21. The fourth-order valence-corrected chi connectivity index (χ4v) is 5.10. The van der Waals surface area contributed by atoms with Gasteiger partial charge in [0.25, 0.3) is 0 Å². The minimum atomic E-state index is 0.638. The minimum Gasteiger partial charge on any atom is -0.0616 e. The van der Waals surface area contributed by atoms with Gasteiger partial charge in [0.05, 0.1) is 0 Å². The van der Waals surface area contributed by atoms with E-state index < -0.39 is 0 Å². The molecule has 0 heterocycles. The van der Waals surface area contributed by atoms with Crippen LogP contribution in [0, 0.1) is 11.3 Å². The Hall–Kier alpha value is -1.30. The molecule has 2 saturated carbocycles. The molecule has 2 aromatic rings. The second-order valence-electron chi connectivity index (χ2n) is 7.41. The lowest BCUT2D eigenvalue weighted by Gasteiger charge is -2.36. The van der Waals surface area contributed by atoms with Crippen LogP contribution in [0.4, 0.5) is 0 Å². The van der Waals surface area contributed by atoms with Crippen LogP contribution in [-0.2, 0) is 6.42 Å². The lowest BCUT2D eigenvalue weighted by Crippen LogP contribution is -2.28. The van der Waals surface area contributed by atoms with Crippen LogP contribution in [0.5, 0.6) is 0 Å². The Morgan fingerprint density at radius 1 is 0.810 bits per heavy atom. The topological polar surface area (TPSA) is 0 Å². The highest BCUT2D eigenvalue weighted by Crippen LogP contribution is 2.52. The molecule has 0 bridgehead atoms. The van der Waals surface area contributed by atoms with Crippen molar-refractivity contribution in [1.82, 2.24) is 0 Å². The summed E-state index contributed by atoms with van der Waals surface area (Å²) < 4.78 is 0.